The normalized spacial score (nSPS) is 15.2. The van der Waals surface area contributed by atoms with Crippen LogP contribution in [0.5, 0.6) is 0 Å². The number of nitrogens with one attached hydrogen (secondary N) is 1. The minimum Gasteiger partial charge on any atom is -0.459 e. The van der Waals surface area contributed by atoms with Gasteiger partial charge < -0.3 is 14.6 Å². The molecule has 3 heterocycles. The number of aryl methyl sites for hydroxylation is 2. The second-order valence-electron chi connectivity index (χ2n) is 6.24. The number of amides is 2. The Morgan fingerprint density at radius 3 is 2.77 bits per heavy atom. The van der Waals surface area contributed by atoms with Gasteiger partial charge >= 0.3 is 0 Å². The van der Waals surface area contributed by atoms with Crippen LogP contribution in [0.4, 0.5) is 0 Å². The van der Waals surface area contributed by atoms with Crippen molar-refractivity contribution in [2.24, 2.45) is 7.05 Å². The van der Waals surface area contributed by atoms with Crippen molar-refractivity contribution in [2.45, 2.75) is 37.4 Å². The highest BCUT2D eigenvalue weighted by Crippen LogP contribution is 2.17. The number of carbonyl (C=O) groups is 2. The van der Waals surface area contributed by atoms with E-state index in [1.165, 1.54) is 18.0 Å². The van der Waals surface area contributed by atoms with Crippen molar-refractivity contribution >= 4 is 23.6 Å². The number of tetrazole rings is 1. The standard InChI is InChI=1S/C16H22N6O3S/c1-11-5-9-25-14(11)15(24)17-12-3-7-22(8-4-12)13(23)6-10-26-16-18-19-20-21(16)2/h5,9,12H,3-4,6-8,10H2,1-2H3,(H,17,24). The van der Waals surface area contributed by atoms with Gasteiger partial charge in [-0.3, -0.25) is 9.59 Å². The summed E-state index contributed by atoms with van der Waals surface area (Å²) >= 11 is 1.47. The molecule has 1 saturated heterocycles. The number of piperidine rings is 1. The highest BCUT2D eigenvalue weighted by molar-refractivity contribution is 7.99. The topological polar surface area (TPSA) is 106 Å². The lowest BCUT2D eigenvalue weighted by Crippen LogP contribution is -2.46. The molecule has 10 heteroatoms. The number of nitrogens with zero attached hydrogens (tertiary/aromatic N) is 5. The Balaban J connectivity index is 1.39. The molecule has 0 bridgehead atoms. The van der Waals surface area contributed by atoms with E-state index >= 15 is 0 Å². The van der Waals surface area contributed by atoms with Gasteiger partial charge in [0, 0.05) is 43.9 Å². The van der Waals surface area contributed by atoms with E-state index in [0.29, 0.717) is 36.2 Å². The summed E-state index contributed by atoms with van der Waals surface area (Å²) < 4.78 is 6.80. The highest BCUT2D eigenvalue weighted by Gasteiger charge is 2.25. The number of hydrogen-bond acceptors (Lipinski definition) is 7. The number of thioether (sulfide) groups is 1. The summed E-state index contributed by atoms with van der Waals surface area (Å²) in [6.07, 6.45) is 3.45. The first-order valence-electron chi connectivity index (χ1n) is 8.52. The van der Waals surface area contributed by atoms with Gasteiger partial charge in [0.15, 0.2) is 5.76 Å². The molecule has 0 saturated carbocycles. The van der Waals surface area contributed by atoms with Crippen LogP contribution in [-0.4, -0.2) is 61.8 Å². The number of rotatable bonds is 6. The van der Waals surface area contributed by atoms with E-state index in [0.717, 1.165) is 18.4 Å². The van der Waals surface area contributed by atoms with E-state index in [9.17, 15) is 9.59 Å². The summed E-state index contributed by atoms with van der Waals surface area (Å²) in [5.74, 6) is 0.936. The van der Waals surface area contributed by atoms with E-state index in [2.05, 4.69) is 20.8 Å². The van der Waals surface area contributed by atoms with Crippen molar-refractivity contribution in [2.75, 3.05) is 18.8 Å². The minimum atomic E-state index is -0.189. The molecule has 2 aromatic heterocycles. The molecule has 0 atom stereocenters. The largest absolute Gasteiger partial charge is 0.459 e. The zero-order valence-electron chi connectivity index (χ0n) is 14.8. The molecule has 3 rings (SSSR count). The average molecular weight is 378 g/mol. The second-order valence-corrected chi connectivity index (χ2v) is 7.31. The molecule has 2 amide bonds. The van der Waals surface area contributed by atoms with E-state index in [4.69, 9.17) is 4.42 Å². The molecule has 1 aliphatic rings. The first-order chi connectivity index (χ1) is 12.5. The Kier molecular flexibility index (Phi) is 5.92. The molecule has 1 fully saturated rings. The van der Waals surface area contributed by atoms with Crippen LogP contribution in [0, 0.1) is 6.92 Å². The molecule has 0 aromatic carbocycles. The molecule has 2 aromatic rings. The highest BCUT2D eigenvalue weighted by atomic mass is 32.2. The molecular weight excluding hydrogens is 356 g/mol. The summed E-state index contributed by atoms with van der Waals surface area (Å²) in [5, 5.41) is 14.9. The lowest BCUT2D eigenvalue weighted by molar-refractivity contribution is -0.131. The van der Waals surface area contributed by atoms with Gasteiger partial charge in [0.25, 0.3) is 5.91 Å². The van der Waals surface area contributed by atoms with Crippen LogP contribution in [0.3, 0.4) is 0 Å². The number of aromatic nitrogens is 4. The molecule has 0 aliphatic carbocycles. The fourth-order valence-corrected chi connectivity index (χ4v) is 3.64. The fourth-order valence-electron chi connectivity index (χ4n) is 2.86. The van der Waals surface area contributed by atoms with E-state index in [1.807, 2.05) is 11.8 Å². The van der Waals surface area contributed by atoms with Crippen molar-refractivity contribution in [3.63, 3.8) is 0 Å². The SMILES string of the molecule is Cc1ccoc1C(=O)NC1CCN(C(=O)CCSc2nnnn2C)CC1. The maximum Gasteiger partial charge on any atom is 0.287 e. The van der Waals surface area contributed by atoms with Crippen molar-refractivity contribution in [3.05, 3.63) is 23.7 Å². The van der Waals surface area contributed by atoms with E-state index in [-0.39, 0.29) is 17.9 Å². The molecule has 0 spiro atoms. The predicted octanol–water partition coefficient (Wildman–Crippen LogP) is 1.01. The first kappa shape index (κ1) is 18.4. The summed E-state index contributed by atoms with van der Waals surface area (Å²) in [5.41, 5.74) is 0.825. The lowest BCUT2D eigenvalue weighted by Gasteiger charge is -2.32. The third kappa shape index (κ3) is 4.43. The maximum atomic E-state index is 12.3. The maximum absolute atomic E-state index is 12.3. The molecule has 9 nitrogen and oxygen atoms in total. The van der Waals surface area contributed by atoms with Crippen molar-refractivity contribution in [1.29, 1.82) is 0 Å². The molecule has 1 N–H and O–H groups in total. The Morgan fingerprint density at radius 2 is 2.15 bits per heavy atom. The van der Waals surface area contributed by atoms with Crippen LogP contribution in [0.1, 0.15) is 35.4 Å². The molecule has 26 heavy (non-hydrogen) atoms. The van der Waals surface area contributed by atoms with E-state index < -0.39 is 0 Å². The monoisotopic (exact) mass is 378 g/mol. The van der Waals surface area contributed by atoms with Gasteiger partial charge in [0.1, 0.15) is 0 Å². The summed E-state index contributed by atoms with van der Waals surface area (Å²) in [6.45, 7) is 3.14. The Labute approximate surface area is 155 Å². The van der Waals surface area contributed by atoms with E-state index in [1.54, 1.807) is 17.8 Å². The van der Waals surface area contributed by atoms with Gasteiger partial charge in [0.05, 0.1) is 6.26 Å². The Morgan fingerprint density at radius 1 is 1.38 bits per heavy atom. The zero-order chi connectivity index (χ0) is 18.5. The van der Waals surface area contributed by atoms with Crippen LogP contribution < -0.4 is 5.32 Å². The average Bonchev–Trinajstić information content (AvgIpc) is 3.24. The number of likely N-dealkylation sites (tertiary alicyclic amines) is 1. The van der Waals surface area contributed by atoms with Crippen molar-refractivity contribution in [1.82, 2.24) is 30.4 Å². The van der Waals surface area contributed by atoms with Gasteiger partial charge in [-0.1, -0.05) is 11.8 Å². The van der Waals surface area contributed by atoms with Crippen LogP contribution in [-0.2, 0) is 11.8 Å². The quantitative estimate of drug-likeness (QED) is 0.748. The number of hydrogen-bond donors (Lipinski definition) is 1. The van der Waals surface area contributed by atoms with Gasteiger partial charge in [-0.2, -0.15) is 0 Å². The summed E-state index contributed by atoms with van der Waals surface area (Å²) in [6, 6.07) is 1.83. The molecule has 1 aliphatic heterocycles. The fraction of sp³-hybridized carbons (Fsp3) is 0.562. The smallest absolute Gasteiger partial charge is 0.287 e. The zero-order valence-corrected chi connectivity index (χ0v) is 15.7. The Bertz CT molecular complexity index is 766. The lowest BCUT2D eigenvalue weighted by atomic mass is 10.0. The first-order valence-corrected chi connectivity index (χ1v) is 9.51. The summed E-state index contributed by atoms with van der Waals surface area (Å²) in [7, 11) is 1.77. The number of carbonyl (C=O) groups excluding carboxylic acids is 2. The van der Waals surface area contributed by atoms with Gasteiger partial charge in [-0.25, -0.2) is 4.68 Å². The van der Waals surface area contributed by atoms with Gasteiger partial charge in [0.2, 0.25) is 11.1 Å². The van der Waals surface area contributed by atoms with Gasteiger partial charge in [-0.15, -0.1) is 5.10 Å². The number of furan rings is 1. The Hall–Kier alpha value is -2.36. The van der Waals surface area contributed by atoms with Gasteiger partial charge in [-0.05, 0) is 36.3 Å². The van der Waals surface area contributed by atoms with Crippen molar-refractivity contribution in [3.8, 4) is 0 Å². The minimum absolute atomic E-state index is 0.0649. The molecule has 140 valence electrons. The molecule has 0 unspecified atom stereocenters. The predicted molar refractivity (Wildman–Crippen MR) is 94.7 cm³/mol. The third-order valence-electron chi connectivity index (χ3n) is 4.38. The van der Waals surface area contributed by atoms with Crippen LogP contribution in [0.25, 0.3) is 0 Å². The van der Waals surface area contributed by atoms with Crippen LogP contribution >= 0.6 is 11.8 Å². The second kappa shape index (κ2) is 8.35. The third-order valence-corrected chi connectivity index (χ3v) is 5.39. The molecular formula is C16H22N6O3S. The van der Waals surface area contributed by atoms with Crippen LogP contribution in [0.15, 0.2) is 21.9 Å². The summed E-state index contributed by atoms with van der Waals surface area (Å²) in [4.78, 5) is 26.4. The van der Waals surface area contributed by atoms with Crippen LogP contribution in [0.2, 0.25) is 0 Å². The van der Waals surface area contributed by atoms with Crippen molar-refractivity contribution < 1.29 is 14.0 Å². The molecule has 0 radical (unpaired) electrons.